The summed E-state index contributed by atoms with van der Waals surface area (Å²) in [7, 11) is 0. The monoisotopic (exact) mass is 432 g/mol. The highest BCUT2D eigenvalue weighted by molar-refractivity contribution is 8.00. The summed E-state index contributed by atoms with van der Waals surface area (Å²) in [6.07, 6.45) is 6.15. The molecule has 2 aromatic carbocycles. The number of amides is 3. The van der Waals surface area contributed by atoms with Crippen molar-refractivity contribution in [3.8, 4) is 0 Å². The van der Waals surface area contributed by atoms with Crippen molar-refractivity contribution in [2.75, 3.05) is 16.3 Å². The SMILES string of the molecule is CC(Sc1ccc(N2C(=O)C3CC=CCC3C2=O)cc1)C(=O)N1CCc2ccccc21. The van der Waals surface area contributed by atoms with Crippen LogP contribution in [0, 0.1) is 11.8 Å². The number of benzene rings is 2. The van der Waals surface area contributed by atoms with E-state index in [1.165, 1.54) is 22.2 Å². The van der Waals surface area contributed by atoms with Gasteiger partial charge in [0.1, 0.15) is 0 Å². The van der Waals surface area contributed by atoms with Gasteiger partial charge in [0.15, 0.2) is 0 Å². The number of fused-ring (bicyclic) bond motifs is 2. The number of rotatable bonds is 4. The fourth-order valence-electron chi connectivity index (χ4n) is 4.77. The highest BCUT2D eigenvalue weighted by Gasteiger charge is 2.47. The van der Waals surface area contributed by atoms with E-state index in [0.29, 0.717) is 18.5 Å². The fraction of sp³-hybridized carbons (Fsp3) is 0.320. The van der Waals surface area contributed by atoms with Gasteiger partial charge in [-0.25, -0.2) is 0 Å². The van der Waals surface area contributed by atoms with Crippen LogP contribution in [0.2, 0.25) is 0 Å². The molecule has 5 rings (SSSR count). The van der Waals surface area contributed by atoms with Crippen LogP contribution < -0.4 is 9.80 Å². The number of para-hydroxylation sites is 1. The largest absolute Gasteiger partial charge is 0.311 e. The van der Waals surface area contributed by atoms with Crippen LogP contribution in [0.3, 0.4) is 0 Å². The summed E-state index contributed by atoms with van der Waals surface area (Å²) in [4.78, 5) is 42.7. The Balaban J connectivity index is 1.27. The zero-order valence-corrected chi connectivity index (χ0v) is 18.2. The van der Waals surface area contributed by atoms with Crippen molar-refractivity contribution in [2.45, 2.75) is 36.3 Å². The molecule has 1 aliphatic carbocycles. The van der Waals surface area contributed by atoms with E-state index in [4.69, 9.17) is 0 Å². The normalized spacial score (nSPS) is 23.1. The number of hydrogen-bond donors (Lipinski definition) is 0. The summed E-state index contributed by atoms with van der Waals surface area (Å²) in [5.41, 5.74) is 2.84. The van der Waals surface area contributed by atoms with Gasteiger partial charge in [0.05, 0.1) is 22.8 Å². The lowest BCUT2D eigenvalue weighted by atomic mass is 9.85. The third-order valence-electron chi connectivity index (χ3n) is 6.42. The van der Waals surface area contributed by atoms with Crippen LogP contribution in [-0.2, 0) is 20.8 Å². The lowest BCUT2D eigenvalue weighted by Crippen LogP contribution is -2.35. The number of hydrogen-bond acceptors (Lipinski definition) is 4. The van der Waals surface area contributed by atoms with E-state index < -0.39 is 0 Å². The van der Waals surface area contributed by atoms with Gasteiger partial charge in [-0.1, -0.05) is 30.4 Å². The molecule has 1 fully saturated rings. The topological polar surface area (TPSA) is 57.7 Å². The maximum Gasteiger partial charge on any atom is 0.240 e. The second-order valence-electron chi connectivity index (χ2n) is 8.29. The van der Waals surface area contributed by atoms with E-state index in [2.05, 4.69) is 6.07 Å². The lowest BCUT2D eigenvalue weighted by Gasteiger charge is -2.21. The number of thioether (sulfide) groups is 1. The standard InChI is InChI=1S/C25H24N2O3S/c1-16(23(28)26-15-14-17-6-2-5-9-22(17)26)31-19-12-10-18(11-13-19)27-24(29)20-7-3-4-8-21(20)25(27)30/h2-6,9-13,16,20-21H,7-8,14-15H2,1H3. The van der Waals surface area contributed by atoms with Crippen molar-refractivity contribution < 1.29 is 14.4 Å². The van der Waals surface area contributed by atoms with Gasteiger partial charge in [-0.3, -0.25) is 19.3 Å². The zero-order chi connectivity index (χ0) is 21.5. The number of imide groups is 1. The minimum atomic E-state index is -0.235. The van der Waals surface area contributed by atoms with E-state index in [0.717, 1.165) is 23.5 Å². The minimum Gasteiger partial charge on any atom is -0.311 e. The maximum atomic E-state index is 13.0. The summed E-state index contributed by atoms with van der Waals surface area (Å²) in [5.74, 6) is -0.562. The van der Waals surface area contributed by atoms with Crippen LogP contribution in [0.4, 0.5) is 11.4 Å². The van der Waals surface area contributed by atoms with Crippen LogP contribution in [-0.4, -0.2) is 29.5 Å². The van der Waals surface area contributed by atoms with Crippen molar-refractivity contribution in [2.24, 2.45) is 11.8 Å². The number of carbonyl (C=O) groups excluding carboxylic acids is 3. The molecule has 0 saturated carbocycles. The Labute approximate surface area is 186 Å². The first-order valence-electron chi connectivity index (χ1n) is 10.7. The van der Waals surface area contributed by atoms with Crippen molar-refractivity contribution in [3.05, 3.63) is 66.2 Å². The van der Waals surface area contributed by atoms with Crippen LogP contribution in [0.25, 0.3) is 0 Å². The summed E-state index contributed by atoms with van der Waals surface area (Å²) in [5, 5.41) is -0.235. The van der Waals surface area contributed by atoms with E-state index in [9.17, 15) is 14.4 Å². The first-order valence-corrected chi connectivity index (χ1v) is 11.6. The Morgan fingerprint density at radius 1 is 0.968 bits per heavy atom. The average molecular weight is 433 g/mol. The van der Waals surface area contributed by atoms with Gasteiger partial charge in [0.25, 0.3) is 0 Å². The van der Waals surface area contributed by atoms with E-state index in [1.54, 1.807) is 0 Å². The molecule has 3 atom stereocenters. The Hall–Kier alpha value is -2.86. The molecule has 6 heteroatoms. The van der Waals surface area contributed by atoms with Gasteiger partial charge in [0.2, 0.25) is 17.7 Å². The molecule has 0 N–H and O–H groups in total. The van der Waals surface area contributed by atoms with Gasteiger partial charge in [-0.2, -0.15) is 0 Å². The molecule has 2 heterocycles. The third-order valence-corrected chi connectivity index (χ3v) is 7.52. The van der Waals surface area contributed by atoms with Crippen LogP contribution in [0.1, 0.15) is 25.3 Å². The molecule has 0 radical (unpaired) electrons. The average Bonchev–Trinajstić information content (AvgIpc) is 3.33. The van der Waals surface area contributed by atoms with Crippen LogP contribution >= 0.6 is 11.8 Å². The second-order valence-corrected chi connectivity index (χ2v) is 9.70. The molecule has 0 bridgehead atoms. The van der Waals surface area contributed by atoms with Crippen LogP contribution in [0.5, 0.6) is 0 Å². The smallest absolute Gasteiger partial charge is 0.240 e. The Morgan fingerprint density at radius 3 is 2.29 bits per heavy atom. The highest BCUT2D eigenvalue weighted by Crippen LogP contribution is 2.38. The number of nitrogens with zero attached hydrogens (tertiary/aromatic N) is 2. The Bertz CT molecular complexity index is 1050. The number of anilines is 2. The molecule has 1 saturated heterocycles. The first-order chi connectivity index (χ1) is 15.0. The molecule has 5 nitrogen and oxygen atoms in total. The zero-order valence-electron chi connectivity index (χ0n) is 17.4. The molecule has 3 amide bonds. The lowest BCUT2D eigenvalue weighted by molar-refractivity contribution is -0.122. The van der Waals surface area contributed by atoms with Crippen LogP contribution in [0.15, 0.2) is 65.6 Å². The van der Waals surface area contributed by atoms with Crippen molar-refractivity contribution in [1.82, 2.24) is 0 Å². The molecule has 158 valence electrons. The number of carbonyl (C=O) groups is 3. The molecule has 2 aliphatic heterocycles. The van der Waals surface area contributed by atoms with E-state index >= 15 is 0 Å². The quantitative estimate of drug-likeness (QED) is 0.413. The molecular weight excluding hydrogens is 408 g/mol. The van der Waals surface area contributed by atoms with Gasteiger partial charge >= 0.3 is 0 Å². The van der Waals surface area contributed by atoms with Gasteiger partial charge in [0, 0.05) is 17.1 Å². The maximum absolute atomic E-state index is 13.0. The molecule has 31 heavy (non-hydrogen) atoms. The highest BCUT2D eigenvalue weighted by atomic mass is 32.2. The predicted octanol–water partition coefficient (Wildman–Crippen LogP) is 4.21. The van der Waals surface area contributed by atoms with Gasteiger partial charge in [-0.15, -0.1) is 11.8 Å². The molecule has 0 aromatic heterocycles. The molecule has 3 aliphatic rings. The Morgan fingerprint density at radius 2 is 1.61 bits per heavy atom. The molecule has 0 spiro atoms. The van der Waals surface area contributed by atoms with Gasteiger partial charge < -0.3 is 4.90 Å². The Kier molecular flexibility index (Phi) is 5.18. The summed E-state index contributed by atoms with van der Waals surface area (Å²) < 4.78 is 0. The second kappa shape index (κ2) is 8.00. The van der Waals surface area contributed by atoms with Gasteiger partial charge in [-0.05, 0) is 62.1 Å². The first kappa shape index (κ1) is 20.1. The van der Waals surface area contributed by atoms with Crippen molar-refractivity contribution in [1.29, 1.82) is 0 Å². The third kappa shape index (κ3) is 3.49. The van der Waals surface area contributed by atoms with Crippen molar-refractivity contribution in [3.63, 3.8) is 0 Å². The molecule has 2 aromatic rings. The molecule has 3 unspecified atom stereocenters. The molecular formula is C25H24N2O3S. The predicted molar refractivity (Wildman–Crippen MR) is 122 cm³/mol. The van der Waals surface area contributed by atoms with E-state index in [1.807, 2.05) is 66.4 Å². The van der Waals surface area contributed by atoms with Crippen molar-refractivity contribution >= 4 is 40.9 Å². The number of allylic oxidation sites excluding steroid dienone is 2. The minimum absolute atomic E-state index is 0.0977. The van der Waals surface area contributed by atoms with E-state index in [-0.39, 0.29) is 34.8 Å². The summed E-state index contributed by atoms with van der Waals surface area (Å²) in [6.45, 7) is 2.64. The summed E-state index contributed by atoms with van der Waals surface area (Å²) in [6, 6.07) is 15.5. The summed E-state index contributed by atoms with van der Waals surface area (Å²) >= 11 is 1.50. The fourth-order valence-corrected chi connectivity index (χ4v) is 5.70.